The molecule has 7 heteroatoms. The lowest BCUT2D eigenvalue weighted by Crippen LogP contribution is -2.30. The number of benzene rings is 1. The molecule has 2 aromatic heterocycles. The predicted molar refractivity (Wildman–Crippen MR) is 104 cm³/mol. The number of furan rings is 1. The molecule has 0 aliphatic carbocycles. The van der Waals surface area contributed by atoms with Crippen LogP contribution in [0.5, 0.6) is 0 Å². The van der Waals surface area contributed by atoms with Gasteiger partial charge in [0.2, 0.25) is 0 Å². The van der Waals surface area contributed by atoms with Crippen LogP contribution in [0.1, 0.15) is 36.9 Å². The van der Waals surface area contributed by atoms with E-state index in [0.29, 0.717) is 10.6 Å². The van der Waals surface area contributed by atoms with Crippen molar-refractivity contribution in [3.8, 4) is 0 Å². The molecule has 0 radical (unpaired) electrons. The van der Waals surface area contributed by atoms with Gasteiger partial charge in [0, 0.05) is 24.5 Å². The molecule has 0 saturated carbocycles. The number of anilines is 1. The fraction of sp³-hybridized carbons (Fsp3) is 0.200. The average molecular weight is 381 g/mol. The molecule has 138 valence electrons. The van der Waals surface area contributed by atoms with E-state index in [4.69, 9.17) is 10.2 Å². The highest BCUT2D eigenvalue weighted by atomic mass is 32.1. The topological polar surface area (TPSA) is 88.6 Å². The quantitative estimate of drug-likeness (QED) is 0.710. The summed E-state index contributed by atoms with van der Waals surface area (Å²) >= 11 is 1.41. The Hall–Kier alpha value is -2.90. The molecule has 27 heavy (non-hydrogen) atoms. The monoisotopic (exact) mass is 381 g/mol. The molecule has 0 fully saturated rings. The second-order valence-electron chi connectivity index (χ2n) is 6.45. The number of nitrogens with two attached hydrogens (primary N) is 1. The third kappa shape index (κ3) is 3.65. The minimum Gasteiger partial charge on any atom is -0.459 e. The normalized spacial score (nSPS) is 13.9. The van der Waals surface area contributed by atoms with Gasteiger partial charge < -0.3 is 15.5 Å². The highest BCUT2D eigenvalue weighted by Gasteiger charge is 2.28. The van der Waals surface area contributed by atoms with E-state index in [0.717, 1.165) is 36.5 Å². The molecule has 3 N–H and O–H groups in total. The number of thiophene rings is 1. The number of carbonyl (C=O) groups excluding carboxylic acids is 2. The number of hydrogen-bond acceptors (Lipinski definition) is 5. The molecule has 0 bridgehead atoms. The second kappa shape index (κ2) is 7.38. The Morgan fingerprint density at radius 2 is 2.00 bits per heavy atom. The van der Waals surface area contributed by atoms with Gasteiger partial charge in [0.05, 0.1) is 11.8 Å². The summed E-state index contributed by atoms with van der Waals surface area (Å²) in [5.41, 5.74) is 8.24. The van der Waals surface area contributed by atoms with Crippen LogP contribution in [0, 0.1) is 0 Å². The molecule has 0 atom stereocenters. The van der Waals surface area contributed by atoms with Gasteiger partial charge in [-0.15, -0.1) is 11.3 Å². The van der Waals surface area contributed by atoms with E-state index < -0.39 is 5.91 Å². The Morgan fingerprint density at radius 1 is 1.19 bits per heavy atom. The van der Waals surface area contributed by atoms with Crippen LogP contribution in [0.3, 0.4) is 0 Å². The summed E-state index contributed by atoms with van der Waals surface area (Å²) in [5.74, 6) is -0.705. The largest absolute Gasteiger partial charge is 0.459 e. The molecule has 1 aliphatic heterocycles. The van der Waals surface area contributed by atoms with Gasteiger partial charge in [-0.1, -0.05) is 30.3 Å². The predicted octanol–water partition coefficient (Wildman–Crippen LogP) is 3.25. The van der Waals surface area contributed by atoms with Crippen molar-refractivity contribution in [3.05, 3.63) is 76.1 Å². The van der Waals surface area contributed by atoms with Crippen LogP contribution in [0.4, 0.5) is 5.00 Å². The van der Waals surface area contributed by atoms with Crippen molar-refractivity contribution < 1.29 is 14.0 Å². The first-order valence-electron chi connectivity index (χ1n) is 8.67. The van der Waals surface area contributed by atoms with Gasteiger partial charge in [0.25, 0.3) is 11.8 Å². The molecule has 6 nitrogen and oxygen atoms in total. The molecule has 0 spiro atoms. The molecule has 1 aliphatic rings. The first kappa shape index (κ1) is 17.5. The van der Waals surface area contributed by atoms with Gasteiger partial charge in [-0.05, 0) is 29.7 Å². The number of hydrogen-bond donors (Lipinski definition) is 2. The summed E-state index contributed by atoms with van der Waals surface area (Å²) in [6, 6.07) is 13.5. The van der Waals surface area contributed by atoms with Crippen LogP contribution in [0.2, 0.25) is 0 Å². The Morgan fingerprint density at radius 3 is 2.70 bits per heavy atom. The number of primary amides is 1. The summed E-state index contributed by atoms with van der Waals surface area (Å²) in [6.07, 6.45) is 2.17. The molecule has 3 heterocycles. The van der Waals surface area contributed by atoms with Crippen molar-refractivity contribution in [1.82, 2.24) is 4.90 Å². The first-order valence-corrected chi connectivity index (χ1v) is 9.49. The van der Waals surface area contributed by atoms with E-state index >= 15 is 0 Å². The van der Waals surface area contributed by atoms with E-state index in [9.17, 15) is 9.59 Å². The molecule has 1 aromatic carbocycles. The summed E-state index contributed by atoms with van der Waals surface area (Å²) < 4.78 is 5.12. The van der Waals surface area contributed by atoms with Gasteiger partial charge in [0.1, 0.15) is 5.00 Å². The zero-order valence-electron chi connectivity index (χ0n) is 14.6. The number of carbonyl (C=O) groups is 2. The highest BCUT2D eigenvalue weighted by Crippen LogP contribution is 2.37. The van der Waals surface area contributed by atoms with Gasteiger partial charge in [-0.3, -0.25) is 14.5 Å². The second-order valence-corrected chi connectivity index (χ2v) is 7.56. The third-order valence-electron chi connectivity index (χ3n) is 4.60. The Labute approximate surface area is 160 Å². The number of nitrogens with one attached hydrogen (secondary N) is 1. The molecule has 2 amide bonds. The van der Waals surface area contributed by atoms with Crippen molar-refractivity contribution in [2.24, 2.45) is 5.73 Å². The van der Waals surface area contributed by atoms with Crippen LogP contribution in [0.25, 0.3) is 0 Å². The Kier molecular flexibility index (Phi) is 4.79. The number of rotatable bonds is 5. The maximum Gasteiger partial charge on any atom is 0.291 e. The maximum absolute atomic E-state index is 12.3. The first-order chi connectivity index (χ1) is 13.1. The van der Waals surface area contributed by atoms with E-state index in [1.54, 1.807) is 12.1 Å². The lowest BCUT2D eigenvalue weighted by Gasteiger charge is -2.27. The molecule has 4 rings (SSSR count). The van der Waals surface area contributed by atoms with Crippen molar-refractivity contribution in [2.45, 2.75) is 19.5 Å². The minimum absolute atomic E-state index is 0.197. The zero-order chi connectivity index (χ0) is 18.8. The molecule has 0 saturated heterocycles. The minimum atomic E-state index is -0.515. The van der Waals surface area contributed by atoms with E-state index in [1.165, 1.54) is 23.2 Å². The summed E-state index contributed by atoms with van der Waals surface area (Å²) in [4.78, 5) is 27.7. The number of fused-ring (bicyclic) bond motifs is 1. The molecular formula is C20H19N3O3S. The van der Waals surface area contributed by atoms with Crippen molar-refractivity contribution in [1.29, 1.82) is 0 Å². The fourth-order valence-electron chi connectivity index (χ4n) is 3.35. The van der Waals surface area contributed by atoms with Crippen LogP contribution in [-0.2, 0) is 19.5 Å². The average Bonchev–Trinajstić information content (AvgIpc) is 3.29. The third-order valence-corrected chi connectivity index (χ3v) is 5.74. The maximum atomic E-state index is 12.3. The molecule has 3 aromatic rings. The Balaban J connectivity index is 1.57. The number of amides is 2. The van der Waals surface area contributed by atoms with Gasteiger partial charge in [0.15, 0.2) is 5.76 Å². The van der Waals surface area contributed by atoms with Crippen LogP contribution in [0.15, 0.2) is 53.1 Å². The highest BCUT2D eigenvalue weighted by molar-refractivity contribution is 7.17. The van der Waals surface area contributed by atoms with Gasteiger partial charge in [-0.25, -0.2) is 0 Å². The lowest BCUT2D eigenvalue weighted by molar-refractivity contribution is 0.0997. The van der Waals surface area contributed by atoms with Crippen LogP contribution < -0.4 is 11.1 Å². The zero-order valence-corrected chi connectivity index (χ0v) is 15.4. The lowest BCUT2D eigenvalue weighted by atomic mass is 10.0. The van der Waals surface area contributed by atoms with Crippen LogP contribution in [-0.4, -0.2) is 23.3 Å². The fourth-order valence-corrected chi connectivity index (χ4v) is 4.64. The van der Waals surface area contributed by atoms with Crippen molar-refractivity contribution >= 4 is 28.2 Å². The molecular weight excluding hydrogens is 362 g/mol. The van der Waals surface area contributed by atoms with Gasteiger partial charge >= 0.3 is 0 Å². The summed E-state index contributed by atoms with van der Waals surface area (Å²) in [7, 11) is 0. The summed E-state index contributed by atoms with van der Waals surface area (Å²) in [5, 5.41) is 3.28. The summed E-state index contributed by atoms with van der Waals surface area (Å²) in [6.45, 7) is 2.41. The van der Waals surface area contributed by atoms with E-state index in [-0.39, 0.29) is 11.7 Å². The van der Waals surface area contributed by atoms with Crippen molar-refractivity contribution in [2.75, 3.05) is 11.9 Å². The SMILES string of the molecule is NC(=O)c1c(NC(=O)c2ccco2)sc2c1CCN(Cc1ccccc1)C2. The molecule has 0 unspecified atom stereocenters. The van der Waals surface area contributed by atoms with Gasteiger partial charge in [-0.2, -0.15) is 0 Å². The van der Waals surface area contributed by atoms with E-state index in [2.05, 4.69) is 22.3 Å². The standard InChI is InChI=1S/C20H19N3O3S/c21-18(24)17-14-8-9-23(11-13-5-2-1-3-6-13)12-16(14)27-20(17)22-19(25)15-7-4-10-26-15/h1-7,10H,8-9,11-12H2,(H2,21,24)(H,22,25). The van der Waals surface area contributed by atoms with Crippen molar-refractivity contribution in [3.63, 3.8) is 0 Å². The van der Waals surface area contributed by atoms with Crippen LogP contribution >= 0.6 is 11.3 Å². The number of nitrogens with zero attached hydrogens (tertiary/aromatic N) is 1. The Bertz CT molecular complexity index is 964. The van der Waals surface area contributed by atoms with E-state index in [1.807, 2.05) is 18.2 Å². The smallest absolute Gasteiger partial charge is 0.291 e.